The molecule has 0 aliphatic rings. The van der Waals surface area contributed by atoms with E-state index in [1.165, 1.54) is 0 Å². The summed E-state index contributed by atoms with van der Waals surface area (Å²) in [5, 5.41) is 8.89. The van der Waals surface area contributed by atoms with E-state index in [0.717, 1.165) is 6.07 Å². The number of hydrogen-bond acceptors (Lipinski definition) is 2. The highest BCUT2D eigenvalue weighted by atomic mass is 35.5. The molecule has 0 saturated heterocycles. The van der Waals surface area contributed by atoms with Crippen molar-refractivity contribution in [2.45, 2.75) is 11.9 Å². The Labute approximate surface area is 110 Å². The van der Waals surface area contributed by atoms with Crippen LogP contribution in [0.4, 0.5) is 13.2 Å². The highest BCUT2D eigenvalue weighted by Gasteiger charge is 2.40. The van der Waals surface area contributed by atoms with Gasteiger partial charge < -0.3 is 0 Å². The summed E-state index contributed by atoms with van der Waals surface area (Å²) in [7, 11) is -1.74. The van der Waals surface area contributed by atoms with Gasteiger partial charge in [0, 0.05) is 27.3 Å². The molecule has 0 aliphatic heterocycles. The molecule has 0 amide bonds. The van der Waals surface area contributed by atoms with Crippen molar-refractivity contribution in [1.29, 1.82) is 5.26 Å². The zero-order chi connectivity index (χ0) is 13.8. The van der Waals surface area contributed by atoms with Crippen LogP contribution in [-0.4, -0.2) is 16.1 Å². The van der Waals surface area contributed by atoms with E-state index in [9.17, 15) is 17.4 Å². The lowest BCUT2D eigenvalue weighted by molar-refractivity contribution is -0.153. The molecule has 0 heterocycles. The van der Waals surface area contributed by atoms with Crippen LogP contribution >= 0.6 is 11.6 Å². The quantitative estimate of drug-likeness (QED) is 0.855. The van der Waals surface area contributed by atoms with Crippen molar-refractivity contribution >= 4 is 22.4 Å². The van der Waals surface area contributed by atoms with Crippen LogP contribution in [0.15, 0.2) is 24.3 Å². The molecule has 98 valence electrons. The minimum atomic E-state index is -4.63. The monoisotopic (exact) mass is 295 g/mol. The Kier molecular flexibility index (Phi) is 5.17. The first-order valence-corrected chi connectivity index (χ1v) is 6.75. The van der Waals surface area contributed by atoms with Gasteiger partial charge in [-0.1, -0.05) is 23.7 Å². The molecule has 1 rings (SSSR count). The van der Waals surface area contributed by atoms with Crippen LogP contribution in [0.1, 0.15) is 5.56 Å². The summed E-state index contributed by atoms with van der Waals surface area (Å²) in [6.07, 6.45) is -4.63. The van der Waals surface area contributed by atoms with Crippen molar-refractivity contribution in [1.82, 2.24) is 0 Å². The minimum Gasteiger partial charge on any atom is -0.259 e. The van der Waals surface area contributed by atoms with Crippen LogP contribution < -0.4 is 0 Å². The number of nitriles is 1. The summed E-state index contributed by atoms with van der Waals surface area (Å²) in [6, 6.07) is 7.45. The average molecular weight is 296 g/mol. The Balaban J connectivity index is 2.62. The summed E-state index contributed by atoms with van der Waals surface area (Å²) in [5.41, 5.74) is 0.622. The summed E-state index contributed by atoms with van der Waals surface area (Å²) < 4.78 is 48.4. The van der Waals surface area contributed by atoms with Crippen molar-refractivity contribution in [3.05, 3.63) is 34.9 Å². The molecule has 0 N–H and O–H groups in total. The predicted molar refractivity (Wildman–Crippen MR) is 63.3 cm³/mol. The first kappa shape index (κ1) is 15.0. The first-order chi connectivity index (χ1) is 8.32. The highest BCUT2D eigenvalue weighted by Crippen LogP contribution is 2.26. The second kappa shape index (κ2) is 6.21. The average Bonchev–Trinajstić information content (AvgIpc) is 2.27. The zero-order valence-corrected chi connectivity index (χ0v) is 10.6. The van der Waals surface area contributed by atoms with E-state index in [1.807, 2.05) is 0 Å². The molecule has 0 bridgehead atoms. The maximum Gasteiger partial charge on any atom is 0.405 e. The van der Waals surface area contributed by atoms with E-state index in [-0.39, 0.29) is 5.75 Å². The van der Waals surface area contributed by atoms with E-state index in [4.69, 9.17) is 16.9 Å². The molecule has 0 aliphatic carbocycles. The molecular weight excluding hydrogens is 287 g/mol. The van der Waals surface area contributed by atoms with E-state index in [1.54, 1.807) is 24.3 Å². The number of alkyl halides is 3. The molecule has 2 atom stereocenters. The topological polar surface area (TPSA) is 40.9 Å². The third-order valence-corrected chi connectivity index (χ3v) is 3.76. The second-order valence-electron chi connectivity index (χ2n) is 3.60. The fourth-order valence-electron chi connectivity index (χ4n) is 1.22. The lowest BCUT2D eigenvalue weighted by Crippen LogP contribution is -2.27. The van der Waals surface area contributed by atoms with Crippen molar-refractivity contribution in [3.8, 4) is 6.07 Å². The summed E-state index contributed by atoms with van der Waals surface area (Å²) in [5.74, 6) is -2.92. The van der Waals surface area contributed by atoms with E-state index >= 15 is 0 Å². The van der Waals surface area contributed by atoms with Gasteiger partial charge in [0.25, 0.3) is 0 Å². The number of hydrogen-bond donors (Lipinski definition) is 0. The molecule has 0 spiro atoms. The van der Waals surface area contributed by atoms with Crippen LogP contribution in [0.2, 0.25) is 5.02 Å². The van der Waals surface area contributed by atoms with Crippen molar-refractivity contribution in [2.75, 3.05) is 5.75 Å². The lowest BCUT2D eigenvalue weighted by Gasteiger charge is -2.12. The summed E-state index contributed by atoms with van der Waals surface area (Å²) in [4.78, 5) is 0. The molecule has 0 radical (unpaired) electrons. The van der Waals surface area contributed by atoms with Crippen LogP contribution in [0.25, 0.3) is 0 Å². The van der Waals surface area contributed by atoms with Gasteiger partial charge in [-0.05, 0) is 17.7 Å². The van der Waals surface area contributed by atoms with Gasteiger partial charge in [0.2, 0.25) is 0 Å². The third kappa shape index (κ3) is 4.67. The Hall–Kier alpha value is -1.06. The van der Waals surface area contributed by atoms with E-state index < -0.39 is 28.6 Å². The molecule has 0 fully saturated rings. The van der Waals surface area contributed by atoms with Gasteiger partial charge in [0.05, 0.1) is 6.07 Å². The van der Waals surface area contributed by atoms with Crippen LogP contribution in [0.3, 0.4) is 0 Å². The molecule has 0 saturated carbocycles. The largest absolute Gasteiger partial charge is 0.405 e. The van der Waals surface area contributed by atoms with Crippen LogP contribution in [0, 0.1) is 17.2 Å². The molecule has 2 unspecified atom stereocenters. The third-order valence-electron chi connectivity index (χ3n) is 2.14. The van der Waals surface area contributed by atoms with Gasteiger partial charge in [0.1, 0.15) is 0 Å². The Morgan fingerprint density at radius 2 is 1.89 bits per heavy atom. The maximum atomic E-state index is 12.3. The molecule has 1 aromatic rings. The normalized spacial score (nSPS) is 14.8. The first-order valence-electron chi connectivity index (χ1n) is 4.88. The van der Waals surface area contributed by atoms with Crippen molar-refractivity contribution in [2.24, 2.45) is 5.92 Å². The summed E-state index contributed by atoms with van der Waals surface area (Å²) >= 11 is 5.65. The Morgan fingerprint density at radius 3 is 2.33 bits per heavy atom. The number of nitrogens with zero attached hydrogens (tertiary/aromatic N) is 1. The van der Waals surface area contributed by atoms with Crippen LogP contribution in [0.5, 0.6) is 0 Å². The van der Waals surface area contributed by atoms with Gasteiger partial charge in [-0.2, -0.15) is 18.4 Å². The SMILES string of the molecule is N#CC(CS(=O)Cc1ccc(Cl)cc1)C(F)(F)F. The van der Waals surface area contributed by atoms with Gasteiger partial charge in [-0.15, -0.1) is 0 Å². The molecule has 7 heteroatoms. The lowest BCUT2D eigenvalue weighted by atomic mass is 10.2. The van der Waals surface area contributed by atoms with Crippen molar-refractivity contribution < 1.29 is 17.4 Å². The fraction of sp³-hybridized carbons (Fsp3) is 0.364. The number of rotatable bonds is 4. The van der Waals surface area contributed by atoms with E-state index in [2.05, 4.69) is 0 Å². The summed E-state index contributed by atoms with van der Waals surface area (Å²) in [6.45, 7) is 0. The second-order valence-corrected chi connectivity index (χ2v) is 5.54. The van der Waals surface area contributed by atoms with Gasteiger partial charge >= 0.3 is 6.18 Å². The number of halogens is 4. The molecule has 18 heavy (non-hydrogen) atoms. The standard InChI is InChI=1S/C11H9ClF3NOS/c12-10-3-1-8(2-4-10)6-18(17)7-9(5-16)11(13,14)15/h1-4,9H,6-7H2. The van der Waals surface area contributed by atoms with Gasteiger partial charge in [-0.25, -0.2) is 0 Å². The van der Waals surface area contributed by atoms with E-state index in [0.29, 0.717) is 10.6 Å². The molecule has 1 aromatic carbocycles. The Bertz CT molecular complexity index is 467. The van der Waals surface area contributed by atoms with Crippen molar-refractivity contribution in [3.63, 3.8) is 0 Å². The molecular formula is C11H9ClF3NOS. The van der Waals surface area contributed by atoms with Gasteiger partial charge in [-0.3, -0.25) is 4.21 Å². The van der Waals surface area contributed by atoms with Gasteiger partial charge in [0.15, 0.2) is 5.92 Å². The molecule has 0 aromatic heterocycles. The fourth-order valence-corrected chi connectivity index (χ4v) is 2.66. The smallest absolute Gasteiger partial charge is 0.259 e. The Morgan fingerprint density at radius 1 is 1.33 bits per heavy atom. The zero-order valence-electron chi connectivity index (χ0n) is 9.08. The predicted octanol–water partition coefficient (Wildman–Crippen LogP) is 3.29. The highest BCUT2D eigenvalue weighted by molar-refractivity contribution is 7.84. The minimum absolute atomic E-state index is 0.0224. The maximum absolute atomic E-state index is 12.3. The number of benzene rings is 1. The van der Waals surface area contributed by atoms with Crippen LogP contribution in [-0.2, 0) is 16.6 Å². The molecule has 2 nitrogen and oxygen atoms in total.